The second kappa shape index (κ2) is 4.03. The van der Waals surface area contributed by atoms with Crippen LogP contribution >= 0.6 is 0 Å². The smallest absolute Gasteiger partial charge is 0.257 e. The molecular formula is C13H12N4O. The Morgan fingerprint density at radius 2 is 2.22 bits per heavy atom. The Labute approximate surface area is 104 Å². The van der Waals surface area contributed by atoms with E-state index in [1.54, 1.807) is 18.5 Å². The van der Waals surface area contributed by atoms with Crippen molar-refractivity contribution in [2.75, 3.05) is 10.6 Å². The predicted octanol–water partition coefficient (Wildman–Crippen LogP) is 2.12. The molecule has 0 atom stereocenters. The Bertz CT molecular complexity index is 628. The van der Waals surface area contributed by atoms with Crippen molar-refractivity contribution >= 4 is 23.0 Å². The molecule has 1 aromatic heterocycles. The van der Waals surface area contributed by atoms with Gasteiger partial charge in [0, 0.05) is 29.7 Å². The van der Waals surface area contributed by atoms with Gasteiger partial charge in [0.1, 0.15) is 0 Å². The molecule has 0 saturated heterocycles. The molecule has 5 heteroatoms. The van der Waals surface area contributed by atoms with Crippen LogP contribution in [0.1, 0.15) is 11.1 Å². The number of carbonyl (C=O) groups excluding carboxylic acids is 1. The number of hydrogen-bond acceptors (Lipinski definition) is 3. The average molecular weight is 240 g/mol. The third kappa shape index (κ3) is 1.66. The zero-order chi connectivity index (χ0) is 12.5. The van der Waals surface area contributed by atoms with Gasteiger partial charge in [0.2, 0.25) is 0 Å². The first kappa shape index (κ1) is 10.6. The van der Waals surface area contributed by atoms with Crippen LogP contribution in [-0.4, -0.2) is 16.1 Å². The molecule has 1 aliphatic rings. The van der Waals surface area contributed by atoms with Gasteiger partial charge < -0.3 is 10.6 Å². The largest absolute Gasteiger partial charge is 0.344 e. The van der Waals surface area contributed by atoms with Crippen molar-refractivity contribution in [3.8, 4) is 0 Å². The monoisotopic (exact) mass is 240 g/mol. The highest BCUT2D eigenvalue weighted by Crippen LogP contribution is 2.33. The second-order valence-electron chi connectivity index (χ2n) is 4.11. The molecule has 0 bridgehead atoms. The lowest BCUT2D eigenvalue weighted by Gasteiger charge is -2.02. The lowest BCUT2D eigenvalue weighted by atomic mass is 10.0. The minimum Gasteiger partial charge on any atom is -0.344 e. The minimum atomic E-state index is -0.0951. The molecule has 0 radical (unpaired) electrons. The van der Waals surface area contributed by atoms with Crippen molar-refractivity contribution in [1.82, 2.24) is 10.2 Å². The number of fused-ring (bicyclic) bond motifs is 1. The number of aromatic nitrogens is 2. The first-order valence-electron chi connectivity index (χ1n) is 5.63. The average Bonchev–Trinajstić information content (AvgIpc) is 2.94. The van der Waals surface area contributed by atoms with Gasteiger partial charge in [0.15, 0.2) is 5.82 Å². The van der Waals surface area contributed by atoms with Gasteiger partial charge in [-0.3, -0.25) is 9.89 Å². The summed E-state index contributed by atoms with van der Waals surface area (Å²) in [5.41, 5.74) is 3.51. The summed E-state index contributed by atoms with van der Waals surface area (Å²) >= 11 is 0. The highest BCUT2D eigenvalue weighted by atomic mass is 16.2. The van der Waals surface area contributed by atoms with E-state index >= 15 is 0 Å². The van der Waals surface area contributed by atoms with Crippen LogP contribution in [0.2, 0.25) is 0 Å². The zero-order valence-corrected chi connectivity index (χ0v) is 9.82. The second-order valence-corrected chi connectivity index (χ2v) is 4.11. The number of nitrogens with zero attached hydrogens (tertiary/aromatic N) is 1. The summed E-state index contributed by atoms with van der Waals surface area (Å²) in [5, 5.41) is 12.5. The van der Waals surface area contributed by atoms with Crippen LogP contribution in [0.25, 0.3) is 5.57 Å². The van der Waals surface area contributed by atoms with Gasteiger partial charge in [-0.2, -0.15) is 5.10 Å². The number of anilines is 2. The van der Waals surface area contributed by atoms with Gasteiger partial charge in [-0.05, 0) is 18.6 Å². The van der Waals surface area contributed by atoms with Gasteiger partial charge in [-0.1, -0.05) is 12.1 Å². The molecule has 1 aliphatic heterocycles. The molecule has 18 heavy (non-hydrogen) atoms. The van der Waals surface area contributed by atoms with E-state index in [9.17, 15) is 4.79 Å². The summed E-state index contributed by atoms with van der Waals surface area (Å²) in [6.07, 6.45) is 3.40. The molecule has 5 nitrogen and oxygen atoms in total. The summed E-state index contributed by atoms with van der Waals surface area (Å²) in [6.45, 7) is 1.99. The van der Waals surface area contributed by atoms with E-state index in [1.807, 2.05) is 25.1 Å². The van der Waals surface area contributed by atoms with Crippen LogP contribution in [0, 0.1) is 6.92 Å². The van der Waals surface area contributed by atoms with Crippen molar-refractivity contribution in [3.63, 3.8) is 0 Å². The molecule has 0 fully saturated rings. The first-order valence-corrected chi connectivity index (χ1v) is 5.63. The molecule has 3 N–H and O–H groups in total. The molecule has 0 unspecified atom stereocenters. The number of carbonyl (C=O) groups is 1. The topological polar surface area (TPSA) is 69.8 Å². The maximum absolute atomic E-state index is 11.9. The maximum Gasteiger partial charge on any atom is 0.257 e. The number of rotatable bonds is 2. The van der Waals surface area contributed by atoms with E-state index < -0.39 is 0 Å². The Hall–Kier alpha value is -2.56. The number of benzene rings is 1. The standard InChI is InChI=1S/C13H12N4O/c1-8-3-2-4-10-12(8)9(13(18)16-10)7-14-11-5-6-15-17-11/h2-7H,1H3,(H,16,18)(H2,14,15,17). The summed E-state index contributed by atoms with van der Waals surface area (Å²) < 4.78 is 0. The fourth-order valence-electron chi connectivity index (χ4n) is 2.06. The quantitative estimate of drug-likeness (QED) is 0.704. The van der Waals surface area contributed by atoms with Crippen LogP contribution in [0.5, 0.6) is 0 Å². The Kier molecular flexibility index (Phi) is 2.37. The molecular weight excluding hydrogens is 228 g/mol. The Balaban J connectivity index is 1.98. The molecule has 3 rings (SSSR count). The van der Waals surface area contributed by atoms with Crippen LogP contribution in [0.4, 0.5) is 11.5 Å². The van der Waals surface area contributed by atoms with Crippen molar-refractivity contribution in [2.45, 2.75) is 6.92 Å². The van der Waals surface area contributed by atoms with Gasteiger partial charge in [-0.15, -0.1) is 0 Å². The number of hydrogen-bond donors (Lipinski definition) is 3. The third-order valence-corrected chi connectivity index (χ3v) is 2.90. The third-order valence-electron chi connectivity index (χ3n) is 2.90. The predicted molar refractivity (Wildman–Crippen MR) is 70.0 cm³/mol. The van der Waals surface area contributed by atoms with E-state index in [1.165, 1.54) is 0 Å². The lowest BCUT2D eigenvalue weighted by Crippen LogP contribution is -2.05. The molecule has 1 amide bonds. The van der Waals surface area contributed by atoms with Crippen molar-refractivity contribution in [3.05, 3.63) is 47.8 Å². The van der Waals surface area contributed by atoms with Gasteiger partial charge in [0.05, 0.1) is 5.57 Å². The fourth-order valence-corrected chi connectivity index (χ4v) is 2.06. The number of nitrogens with one attached hydrogen (secondary N) is 3. The van der Waals surface area contributed by atoms with E-state index in [2.05, 4.69) is 20.8 Å². The van der Waals surface area contributed by atoms with E-state index in [4.69, 9.17) is 0 Å². The minimum absolute atomic E-state index is 0.0951. The van der Waals surface area contributed by atoms with E-state index in [0.717, 1.165) is 16.8 Å². The van der Waals surface area contributed by atoms with Crippen molar-refractivity contribution in [2.24, 2.45) is 0 Å². The molecule has 2 heterocycles. The molecule has 2 aromatic rings. The van der Waals surface area contributed by atoms with Crippen molar-refractivity contribution < 1.29 is 4.79 Å². The molecule has 0 spiro atoms. The van der Waals surface area contributed by atoms with Crippen LogP contribution in [0.3, 0.4) is 0 Å². The Morgan fingerprint density at radius 3 is 3.00 bits per heavy atom. The normalized spacial score (nSPS) is 15.6. The Morgan fingerprint density at radius 1 is 1.33 bits per heavy atom. The van der Waals surface area contributed by atoms with Crippen molar-refractivity contribution in [1.29, 1.82) is 0 Å². The van der Waals surface area contributed by atoms with E-state index in [-0.39, 0.29) is 5.91 Å². The molecule has 0 saturated carbocycles. The number of aromatic amines is 1. The van der Waals surface area contributed by atoms with Crippen LogP contribution in [-0.2, 0) is 4.79 Å². The number of aryl methyl sites for hydroxylation is 1. The molecule has 1 aromatic carbocycles. The highest BCUT2D eigenvalue weighted by Gasteiger charge is 2.25. The number of amides is 1. The summed E-state index contributed by atoms with van der Waals surface area (Å²) in [7, 11) is 0. The SMILES string of the molecule is Cc1cccc2c1C(=CNc1cc[nH]n1)C(=O)N2. The van der Waals surface area contributed by atoms with Crippen LogP contribution < -0.4 is 10.6 Å². The summed E-state index contributed by atoms with van der Waals surface area (Å²) in [5.74, 6) is 0.583. The van der Waals surface area contributed by atoms with Crippen LogP contribution in [0.15, 0.2) is 36.7 Å². The fraction of sp³-hybridized carbons (Fsp3) is 0.0769. The van der Waals surface area contributed by atoms with Gasteiger partial charge in [-0.25, -0.2) is 0 Å². The first-order chi connectivity index (χ1) is 8.75. The summed E-state index contributed by atoms with van der Waals surface area (Å²) in [6, 6.07) is 7.61. The lowest BCUT2D eigenvalue weighted by molar-refractivity contribution is -0.110. The van der Waals surface area contributed by atoms with Gasteiger partial charge >= 0.3 is 0 Å². The number of H-pyrrole nitrogens is 1. The zero-order valence-electron chi connectivity index (χ0n) is 9.82. The summed E-state index contributed by atoms with van der Waals surface area (Å²) in [4.78, 5) is 11.9. The highest BCUT2D eigenvalue weighted by molar-refractivity contribution is 6.32. The van der Waals surface area contributed by atoms with Gasteiger partial charge in [0.25, 0.3) is 5.91 Å². The molecule has 0 aliphatic carbocycles. The van der Waals surface area contributed by atoms with E-state index in [0.29, 0.717) is 11.4 Å². The maximum atomic E-state index is 11.9. The molecule has 90 valence electrons.